The largest absolute Gasteiger partial charge is 0.493 e. The Balaban J connectivity index is 2.05. The van der Waals surface area contributed by atoms with Crippen LogP contribution < -0.4 is 9.47 Å². The van der Waals surface area contributed by atoms with Crippen LogP contribution in [0, 0.1) is 11.3 Å². The molecule has 0 N–H and O–H groups in total. The van der Waals surface area contributed by atoms with Crippen molar-refractivity contribution < 1.29 is 14.3 Å². The molecule has 0 aliphatic heterocycles. The molecule has 2 aromatic carbocycles. The molecule has 0 saturated heterocycles. The van der Waals surface area contributed by atoms with Crippen LogP contribution in [-0.4, -0.2) is 31.1 Å². The van der Waals surface area contributed by atoms with Crippen LogP contribution in [0.25, 0.3) is 0 Å². The number of amides is 1. The quantitative estimate of drug-likeness (QED) is 0.819. The number of carbonyl (C=O) groups excluding carboxylic acids is 1. The van der Waals surface area contributed by atoms with E-state index in [1.165, 1.54) is 7.11 Å². The van der Waals surface area contributed by atoms with Crippen LogP contribution in [0.3, 0.4) is 0 Å². The summed E-state index contributed by atoms with van der Waals surface area (Å²) >= 11 is 0. The Kier molecular flexibility index (Phi) is 5.80. The summed E-state index contributed by atoms with van der Waals surface area (Å²) in [6.07, 6.45) is -0.666. The highest BCUT2D eigenvalue weighted by Gasteiger charge is 2.21. The molecule has 2 rings (SSSR count). The van der Waals surface area contributed by atoms with Crippen molar-refractivity contribution in [3.8, 4) is 17.6 Å². The molecule has 1 atom stereocenters. The second kappa shape index (κ2) is 8.02. The monoisotopic (exact) mass is 324 g/mol. The molecule has 0 aliphatic rings. The predicted molar refractivity (Wildman–Crippen MR) is 90.7 cm³/mol. The minimum Gasteiger partial charge on any atom is -0.493 e. The number of rotatable bonds is 6. The Labute approximate surface area is 142 Å². The molecule has 0 bridgehead atoms. The van der Waals surface area contributed by atoms with Gasteiger partial charge in [-0.15, -0.1) is 0 Å². The number of hydrogen-bond acceptors (Lipinski definition) is 4. The summed E-state index contributed by atoms with van der Waals surface area (Å²) in [7, 11) is 3.24. The van der Waals surface area contributed by atoms with Crippen molar-refractivity contribution in [1.29, 1.82) is 5.26 Å². The van der Waals surface area contributed by atoms with Crippen molar-refractivity contribution >= 4 is 5.91 Å². The van der Waals surface area contributed by atoms with Crippen molar-refractivity contribution in [2.75, 3.05) is 14.2 Å². The lowest BCUT2D eigenvalue weighted by Crippen LogP contribution is -2.37. The average Bonchev–Trinajstić information content (AvgIpc) is 2.62. The Hall–Kier alpha value is -3.00. The molecule has 1 amide bonds. The van der Waals surface area contributed by atoms with Gasteiger partial charge in [0.15, 0.2) is 17.6 Å². The zero-order valence-corrected chi connectivity index (χ0v) is 14.0. The van der Waals surface area contributed by atoms with Gasteiger partial charge in [-0.25, -0.2) is 0 Å². The van der Waals surface area contributed by atoms with Gasteiger partial charge in [-0.3, -0.25) is 4.79 Å². The number of hydrogen-bond donors (Lipinski definition) is 0. The van der Waals surface area contributed by atoms with E-state index in [0.717, 1.165) is 5.56 Å². The average molecular weight is 324 g/mol. The molecular weight excluding hydrogens is 304 g/mol. The summed E-state index contributed by atoms with van der Waals surface area (Å²) in [6.45, 7) is 2.21. The second-order valence-electron chi connectivity index (χ2n) is 5.42. The van der Waals surface area contributed by atoms with Gasteiger partial charge in [-0.2, -0.15) is 5.26 Å². The lowest BCUT2D eigenvalue weighted by atomic mass is 10.2. The normalized spacial score (nSPS) is 11.2. The lowest BCUT2D eigenvalue weighted by molar-refractivity contribution is -0.137. The highest BCUT2D eigenvalue weighted by Crippen LogP contribution is 2.29. The number of methoxy groups -OCH3 is 1. The summed E-state index contributed by atoms with van der Waals surface area (Å²) in [5, 5.41) is 8.92. The van der Waals surface area contributed by atoms with E-state index in [0.29, 0.717) is 23.6 Å². The van der Waals surface area contributed by atoms with Crippen LogP contribution in [0.4, 0.5) is 0 Å². The third-order valence-electron chi connectivity index (χ3n) is 3.58. The Morgan fingerprint density at radius 1 is 1.21 bits per heavy atom. The minimum absolute atomic E-state index is 0.134. The summed E-state index contributed by atoms with van der Waals surface area (Å²) < 4.78 is 11.0. The van der Waals surface area contributed by atoms with Gasteiger partial charge < -0.3 is 14.4 Å². The molecule has 0 aliphatic carbocycles. The molecule has 0 radical (unpaired) electrons. The van der Waals surface area contributed by atoms with Crippen molar-refractivity contribution in [3.05, 3.63) is 59.7 Å². The minimum atomic E-state index is -0.666. The summed E-state index contributed by atoms with van der Waals surface area (Å²) in [5.74, 6) is 0.732. The summed E-state index contributed by atoms with van der Waals surface area (Å²) in [4.78, 5) is 14.1. The van der Waals surface area contributed by atoms with Crippen LogP contribution in [-0.2, 0) is 11.3 Å². The topological polar surface area (TPSA) is 62.6 Å². The fraction of sp³-hybridized carbons (Fsp3) is 0.263. The maximum atomic E-state index is 12.5. The van der Waals surface area contributed by atoms with E-state index < -0.39 is 6.10 Å². The molecule has 0 fully saturated rings. The predicted octanol–water partition coefficient (Wildman–Crippen LogP) is 2.99. The first-order valence-electron chi connectivity index (χ1n) is 7.59. The molecule has 2 aromatic rings. The van der Waals surface area contributed by atoms with E-state index in [1.807, 2.05) is 36.4 Å². The van der Waals surface area contributed by atoms with Crippen molar-refractivity contribution in [1.82, 2.24) is 4.90 Å². The third-order valence-corrected chi connectivity index (χ3v) is 3.58. The molecule has 0 spiro atoms. The molecule has 5 nitrogen and oxygen atoms in total. The van der Waals surface area contributed by atoms with E-state index in [-0.39, 0.29) is 5.91 Å². The van der Waals surface area contributed by atoms with Gasteiger partial charge in [-0.1, -0.05) is 30.3 Å². The van der Waals surface area contributed by atoms with Gasteiger partial charge in [-0.05, 0) is 24.6 Å². The number of benzene rings is 2. The Morgan fingerprint density at radius 2 is 1.92 bits per heavy atom. The maximum absolute atomic E-state index is 12.5. The van der Waals surface area contributed by atoms with E-state index in [4.69, 9.17) is 14.7 Å². The van der Waals surface area contributed by atoms with Crippen molar-refractivity contribution in [3.63, 3.8) is 0 Å². The number of likely N-dealkylation sites (N-methyl/N-ethyl adjacent to an activating group) is 1. The van der Waals surface area contributed by atoms with Crippen LogP contribution in [0.15, 0.2) is 48.5 Å². The second-order valence-corrected chi connectivity index (χ2v) is 5.42. The molecule has 24 heavy (non-hydrogen) atoms. The van der Waals surface area contributed by atoms with Crippen LogP contribution in [0.1, 0.15) is 18.1 Å². The Bertz CT molecular complexity index is 738. The Morgan fingerprint density at radius 3 is 2.54 bits per heavy atom. The maximum Gasteiger partial charge on any atom is 0.263 e. The van der Waals surface area contributed by atoms with Gasteiger partial charge in [0.2, 0.25) is 0 Å². The zero-order valence-electron chi connectivity index (χ0n) is 14.0. The SMILES string of the molecule is COc1cc(C#N)ccc1O[C@@H](C)C(=O)N(C)Cc1ccccc1. The number of nitrogens with zero attached hydrogens (tertiary/aromatic N) is 2. The van der Waals surface area contributed by atoms with E-state index in [2.05, 4.69) is 0 Å². The standard InChI is InChI=1S/C19H20N2O3/c1-14(19(22)21(2)13-15-7-5-4-6-8-15)24-17-10-9-16(12-20)11-18(17)23-3/h4-11,14H,13H2,1-3H3/t14-/m0/s1. The molecule has 0 heterocycles. The van der Waals surface area contributed by atoms with Crippen LogP contribution in [0.2, 0.25) is 0 Å². The number of carbonyl (C=O) groups is 1. The smallest absolute Gasteiger partial charge is 0.263 e. The van der Waals surface area contributed by atoms with Gasteiger partial charge in [0, 0.05) is 19.7 Å². The van der Waals surface area contributed by atoms with Gasteiger partial charge in [0.05, 0.1) is 18.7 Å². The first kappa shape index (κ1) is 17.4. The summed E-state index contributed by atoms with van der Waals surface area (Å²) in [6, 6.07) is 16.6. The van der Waals surface area contributed by atoms with Gasteiger partial charge in [0.25, 0.3) is 5.91 Å². The number of ether oxygens (including phenoxy) is 2. The van der Waals surface area contributed by atoms with Crippen molar-refractivity contribution in [2.24, 2.45) is 0 Å². The number of nitriles is 1. The van der Waals surface area contributed by atoms with Crippen molar-refractivity contribution in [2.45, 2.75) is 19.6 Å². The fourth-order valence-corrected chi connectivity index (χ4v) is 2.32. The fourth-order valence-electron chi connectivity index (χ4n) is 2.32. The first-order chi connectivity index (χ1) is 11.5. The molecular formula is C19H20N2O3. The highest BCUT2D eigenvalue weighted by molar-refractivity contribution is 5.80. The summed E-state index contributed by atoms with van der Waals surface area (Å²) in [5.41, 5.74) is 1.52. The third kappa shape index (κ3) is 4.26. The lowest BCUT2D eigenvalue weighted by Gasteiger charge is -2.23. The highest BCUT2D eigenvalue weighted by atomic mass is 16.5. The molecule has 0 saturated carbocycles. The molecule has 5 heteroatoms. The molecule has 124 valence electrons. The van der Waals surface area contributed by atoms with Gasteiger partial charge >= 0.3 is 0 Å². The van der Waals surface area contributed by atoms with E-state index in [9.17, 15) is 4.79 Å². The molecule has 0 unspecified atom stereocenters. The van der Waals surface area contributed by atoms with Crippen LogP contribution >= 0.6 is 0 Å². The molecule has 0 aromatic heterocycles. The zero-order chi connectivity index (χ0) is 17.5. The van der Waals surface area contributed by atoms with E-state index in [1.54, 1.807) is 37.1 Å². The van der Waals surface area contributed by atoms with Gasteiger partial charge in [0.1, 0.15) is 0 Å². The first-order valence-corrected chi connectivity index (χ1v) is 7.59. The van der Waals surface area contributed by atoms with E-state index >= 15 is 0 Å². The van der Waals surface area contributed by atoms with Crippen LogP contribution in [0.5, 0.6) is 11.5 Å².